The summed E-state index contributed by atoms with van der Waals surface area (Å²) in [6, 6.07) is 8.66. The van der Waals surface area contributed by atoms with Crippen LogP contribution in [0.15, 0.2) is 39.6 Å². The second-order valence-corrected chi connectivity index (χ2v) is 11.4. The molecule has 35 heavy (non-hydrogen) atoms. The van der Waals surface area contributed by atoms with E-state index in [4.69, 9.17) is 4.74 Å². The van der Waals surface area contributed by atoms with Crippen molar-refractivity contribution in [1.29, 1.82) is 0 Å². The van der Waals surface area contributed by atoms with E-state index in [9.17, 15) is 18.0 Å². The number of fused-ring (bicyclic) bond motifs is 1. The Morgan fingerprint density at radius 2 is 1.83 bits per heavy atom. The van der Waals surface area contributed by atoms with Gasteiger partial charge in [0.15, 0.2) is 12.4 Å². The number of nitrogens with zero attached hydrogens (tertiary/aromatic N) is 3. The number of hydrogen-bond acceptors (Lipinski definition) is 6. The molecular weight excluding hydrogens is 466 g/mol. The van der Waals surface area contributed by atoms with Crippen LogP contribution >= 0.6 is 0 Å². The molecule has 8 nitrogen and oxygen atoms in total. The fraction of sp³-hybridized carbons (Fsp3) is 0.500. The number of ketones is 1. The Kier molecular flexibility index (Phi) is 7.17. The van der Waals surface area contributed by atoms with Crippen LogP contribution in [-0.4, -0.2) is 55.2 Å². The molecule has 3 heterocycles. The maximum absolute atomic E-state index is 12.8. The molecule has 9 heteroatoms. The molecule has 2 aliphatic rings. The highest BCUT2D eigenvalue weighted by molar-refractivity contribution is 7.90. The van der Waals surface area contributed by atoms with Crippen molar-refractivity contribution in [2.45, 2.75) is 58.4 Å². The molecule has 0 saturated carbocycles. The quantitative estimate of drug-likeness (QED) is 0.425. The largest absolute Gasteiger partial charge is 0.457 e. The molecule has 0 radical (unpaired) electrons. The van der Waals surface area contributed by atoms with Crippen LogP contribution in [0.5, 0.6) is 0 Å². The van der Waals surface area contributed by atoms with Crippen molar-refractivity contribution in [2.75, 3.05) is 19.7 Å². The molecule has 2 aromatic rings. The summed E-state index contributed by atoms with van der Waals surface area (Å²) < 4.78 is 36.2. The number of ether oxygens (including phenoxy) is 1. The SMILES string of the molecule is Cc1cc(C(=O)COC(=O)C2CCN(C3=NS(=O)(=O)c4ccccc43)CC2)c(C)n1CCC(C)C. The van der Waals surface area contributed by atoms with E-state index >= 15 is 0 Å². The first kappa shape index (κ1) is 25.2. The van der Waals surface area contributed by atoms with Crippen molar-refractivity contribution in [1.82, 2.24) is 9.47 Å². The molecule has 4 rings (SSSR count). The van der Waals surface area contributed by atoms with E-state index < -0.39 is 10.0 Å². The maximum Gasteiger partial charge on any atom is 0.309 e. The van der Waals surface area contributed by atoms with E-state index in [0.717, 1.165) is 24.4 Å². The fourth-order valence-corrected chi connectivity index (χ4v) is 6.02. The van der Waals surface area contributed by atoms with Gasteiger partial charge >= 0.3 is 5.97 Å². The van der Waals surface area contributed by atoms with Gasteiger partial charge in [0, 0.05) is 42.1 Å². The van der Waals surface area contributed by atoms with Crippen LogP contribution < -0.4 is 0 Å². The number of aromatic nitrogens is 1. The lowest BCUT2D eigenvalue weighted by Crippen LogP contribution is -2.40. The number of aryl methyl sites for hydroxylation is 1. The average Bonchev–Trinajstić information content (AvgIpc) is 3.28. The van der Waals surface area contributed by atoms with E-state index in [1.54, 1.807) is 24.3 Å². The normalized spacial score (nSPS) is 17.4. The maximum atomic E-state index is 12.8. The Morgan fingerprint density at radius 3 is 2.51 bits per heavy atom. The Morgan fingerprint density at radius 1 is 1.14 bits per heavy atom. The van der Waals surface area contributed by atoms with E-state index in [0.29, 0.717) is 48.8 Å². The number of likely N-dealkylation sites (tertiary alicyclic amines) is 1. The molecule has 188 valence electrons. The molecule has 1 fully saturated rings. The van der Waals surface area contributed by atoms with Crippen LogP contribution in [0.1, 0.15) is 60.4 Å². The third kappa shape index (κ3) is 5.19. The zero-order valence-corrected chi connectivity index (χ0v) is 21.6. The minimum absolute atomic E-state index is 0.193. The number of rotatable bonds is 7. The van der Waals surface area contributed by atoms with E-state index in [2.05, 4.69) is 22.8 Å². The Hall–Kier alpha value is -2.94. The number of hydrogen-bond donors (Lipinski definition) is 0. The molecule has 1 saturated heterocycles. The van der Waals surface area contributed by atoms with Crippen LogP contribution in [-0.2, 0) is 26.1 Å². The van der Waals surface area contributed by atoms with Gasteiger partial charge in [-0.1, -0.05) is 26.0 Å². The van der Waals surface area contributed by atoms with Gasteiger partial charge in [-0.3, -0.25) is 9.59 Å². The van der Waals surface area contributed by atoms with Gasteiger partial charge in [-0.15, -0.1) is 4.40 Å². The third-order valence-electron chi connectivity index (χ3n) is 6.89. The molecule has 0 N–H and O–H groups in total. The first-order valence-electron chi connectivity index (χ1n) is 12.1. The fourth-order valence-electron chi connectivity index (χ4n) is 4.79. The van der Waals surface area contributed by atoms with Gasteiger partial charge < -0.3 is 14.2 Å². The molecular formula is C26H33N3O5S. The second kappa shape index (κ2) is 9.97. The van der Waals surface area contributed by atoms with E-state index in [-0.39, 0.29) is 29.2 Å². The summed E-state index contributed by atoms with van der Waals surface area (Å²) in [7, 11) is -3.68. The molecule has 0 unspecified atom stereocenters. The summed E-state index contributed by atoms with van der Waals surface area (Å²) in [5.74, 6) is 0.110. The number of carbonyl (C=O) groups is 2. The van der Waals surface area contributed by atoms with Crippen LogP contribution in [0, 0.1) is 25.7 Å². The van der Waals surface area contributed by atoms with E-state index in [1.165, 1.54) is 0 Å². The summed E-state index contributed by atoms with van der Waals surface area (Å²) in [4.78, 5) is 27.6. The predicted molar refractivity (Wildman–Crippen MR) is 133 cm³/mol. The van der Waals surface area contributed by atoms with Gasteiger partial charge in [-0.2, -0.15) is 8.42 Å². The molecule has 1 aromatic heterocycles. The number of Topliss-reactive ketones (excluding diaryl/α,β-unsaturated/α-hetero) is 1. The summed E-state index contributed by atoms with van der Waals surface area (Å²) in [5, 5.41) is 0. The monoisotopic (exact) mass is 499 g/mol. The van der Waals surface area contributed by atoms with Gasteiger partial charge in [0.25, 0.3) is 10.0 Å². The molecule has 0 bridgehead atoms. The molecule has 0 atom stereocenters. The first-order chi connectivity index (χ1) is 16.6. The van der Waals surface area contributed by atoms with Crippen molar-refractivity contribution < 1.29 is 22.7 Å². The van der Waals surface area contributed by atoms with Gasteiger partial charge in [0.1, 0.15) is 4.90 Å². The van der Waals surface area contributed by atoms with Crippen molar-refractivity contribution in [3.8, 4) is 0 Å². The van der Waals surface area contributed by atoms with Crippen LogP contribution in [0.3, 0.4) is 0 Å². The van der Waals surface area contributed by atoms with Crippen LogP contribution in [0.25, 0.3) is 0 Å². The standard InChI is InChI=1S/C26H33N3O5S/c1-17(2)9-14-29-18(3)15-22(19(29)4)23(30)16-34-26(31)20-10-12-28(13-11-20)25-21-7-5-6-8-24(21)35(32,33)27-25/h5-8,15,17,20H,9-14,16H2,1-4H3. The molecule has 0 aliphatic carbocycles. The highest BCUT2D eigenvalue weighted by atomic mass is 32.2. The van der Waals surface area contributed by atoms with Crippen LogP contribution in [0.4, 0.5) is 0 Å². The Bertz CT molecular complexity index is 1270. The van der Waals surface area contributed by atoms with Gasteiger partial charge in [-0.05, 0) is 57.2 Å². The highest BCUT2D eigenvalue weighted by Crippen LogP contribution is 2.30. The highest BCUT2D eigenvalue weighted by Gasteiger charge is 2.35. The van der Waals surface area contributed by atoms with Crippen molar-refractivity contribution in [3.63, 3.8) is 0 Å². The number of carbonyl (C=O) groups excluding carboxylic acids is 2. The zero-order chi connectivity index (χ0) is 25.3. The number of amidine groups is 1. The smallest absolute Gasteiger partial charge is 0.309 e. The Labute approximate surface area is 207 Å². The van der Waals surface area contributed by atoms with Crippen LogP contribution in [0.2, 0.25) is 0 Å². The summed E-state index contributed by atoms with van der Waals surface area (Å²) in [6.45, 7) is 9.84. The zero-order valence-electron chi connectivity index (χ0n) is 20.8. The Balaban J connectivity index is 1.32. The lowest BCUT2D eigenvalue weighted by molar-refractivity contribution is -0.148. The summed E-state index contributed by atoms with van der Waals surface area (Å²) in [5.41, 5.74) is 3.15. The topological polar surface area (TPSA) is 98.0 Å². The summed E-state index contributed by atoms with van der Waals surface area (Å²) in [6.07, 6.45) is 2.05. The van der Waals surface area contributed by atoms with Crippen molar-refractivity contribution >= 4 is 27.6 Å². The lowest BCUT2D eigenvalue weighted by Gasteiger charge is -2.32. The molecule has 0 amide bonds. The average molecular weight is 500 g/mol. The minimum Gasteiger partial charge on any atom is -0.457 e. The first-order valence-corrected chi connectivity index (χ1v) is 13.6. The minimum atomic E-state index is -3.68. The van der Waals surface area contributed by atoms with Gasteiger partial charge in [-0.25, -0.2) is 0 Å². The summed E-state index contributed by atoms with van der Waals surface area (Å²) >= 11 is 0. The number of piperidine rings is 1. The van der Waals surface area contributed by atoms with E-state index in [1.807, 2.05) is 24.8 Å². The molecule has 1 aromatic carbocycles. The second-order valence-electron chi connectivity index (χ2n) is 9.80. The third-order valence-corrected chi connectivity index (χ3v) is 8.22. The lowest BCUT2D eigenvalue weighted by atomic mass is 9.96. The predicted octanol–water partition coefficient (Wildman–Crippen LogP) is 3.74. The number of sulfonamides is 1. The van der Waals surface area contributed by atoms with Gasteiger partial charge in [0.05, 0.1) is 5.92 Å². The number of esters is 1. The van der Waals surface area contributed by atoms with Crippen molar-refractivity contribution in [2.24, 2.45) is 16.2 Å². The molecule has 2 aliphatic heterocycles. The van der Waals surface area contributed by atoms with Gasteiger partial charge in [0.2, 0.25) is 5.78 Å². The molecule has 0 spiro atoms. The number of benzene rings is 1. The van der Waals surface area contributed by atoms with Crippen molar-refractivity contribution in [3.05, 3.63) is 52.8 Å².